The van der Waals surface area contributed by atoms with E-state index in [0.29, 0.717) is 0 Å². The molecular formula is CH6N4NiS-2. The minimum Gasteiger partial charge on any atom is -0.696 e. The Kier molecular flexibility index (Phi) is 1160. The molecule has 0 saturated carbocycles. The molecule has 7 heavy (non-hydrogen) atoms. The maximum atomic E-state index is 7.13. The number of rotatable bonds is 0. The van der Waals surface area contributed by atoms with Crippen molar-refractivity contribution in [3.05, 3.63) is 18.5 Å². The summed E-state index contributed by atoms with van der Waals surface area (Å²) in [5.74, 6) is 0. The van der Waals surface area contributed by atoms with Crippen LogP contribution in [0.5, 0.6) is 0 Å². The van der Waals surface area contributed by atoms with Gasteiger partial charge >= 0.3 is 16.5 Å². The van der Waals surface area contributed by atoms with Gasteiger partial charge in [0.05, 0.1) is 0 Å². The topological polar surface area (TPSA) is 124 Å². The van der Waals surface area contributed by atoms with E-state index >= 15 is 0 Å². The minimum absolute atomic E-state index is 0. The van der Waals surface area contributed by atoms with Gasteiger partial charge in [-0.05, 0) is 0 Å². The van der Waals surface area contributed by atoms with Gasteiger partial charge in [-0.15, -0.1) is 0 Å². The molecule has 0 bridgehead atoms. The zero-order chi connectivity index (χ0) is 2.71. The van der Waals surface area contributed by atoms with Crippen LogP contribution in [-0.4, -0.2) is 0 Å². The number of nitriles is 1. The quantitative estimate of drug-likeness (QED) is 0.309. The van der Waals surface area contributed by atoms with Gasteiger partial charge in [-0.25, -0.2) is 5.26 Å². The number of nitrogens with zero attached hydrogens (tertiary/aromatic N) is 1. The molecule has 0 aromatic rings. The molecule has 0 aliphatic carbocycles. The van der Waals surface area contributed by atoms with Crippen LogP contribution in [0.4, 0.5) is 0 Å². The predicted molar refractivity (Wildman–Crippen MR) is 28.8 cm³/mol. The Labute approximate surface area is 58.7 Å². The summed E-state index contributed by atoms with van der Waals surface area (Å²) in [6.45, 7) is 0. The van der Waals surface area contributed by atoms with Crippen LogP contribution in [0, 0.1) is 10.7 Å². The second-order valence-electron chi connectivity index (χ2n) is 0.0913. The first-order chi connectivity index (χ1) is 1.41. The normalized spacial score (nSPS) is 1.00. The Morgan fingerprint density at radius 2 is 1.14 bits per heavy atom. The molecular weight excluding hydrogens is 159 g/mol. The Hall–Kier alpha value is 0.0835. The van der Waals surface area contributed by atoms with Gasteiger partial charge in [0.2, 0.25) is 0 Å². The average Bonchev–Trinajstić information content (AvgIpc) is 0.918. The first-order valence-corrected chi connectivity index (χ1v) is 0.836. The number of hydrogen-bond acceptors (Lipinski definition) is 2. The van der Waals surface area contributed by atoms with Gasteiger partial charge in [-0.1, -0.05) is 5.40 Å². The fourth-order valence-electron chi connectivity index (χ4n) is 0. The Morgan fingerprint density at radius 3 is 1.14 bits per heavy atom. The van der Waals surface area contributed by atoms with Crippen molar-refractivity contribution in [1.29, 1.82) is 5.26 Å². The SMILES string of the molecule is N#C[S-].[NH2-].[NH2-].[NH2-].[Ni+2]. The molecule has 48 valence electrons. The molecule has 6 N–H and O–H groups in total. The third-order valence-electron chi connectivity index (χ3n) is 0. The largest absolute Gasteiger partial charge is 2.00 e. The van der Waals surface area contributed by atoms with Crippen molar-refractivity contribution in [3.63, 3.8) is 0 Å². The molecule has 0 aliphatic rings. The van der Waals surface area contributed by atoms with Crippen molar-refractivity contribution in [2.45, 2.75) is 0 Å². The van der Waals surface area contributed by atoms with Crippen LogP contribution in [0.15, 0.2) is 0 Å². The third-order valence-corrected chi connectivity index (χ3v) is 0. The molecule has 4 nitrogen and oxygen atoms in total. The van der Waals surface area contributed by atoms with E-state index in [4.69, 9.17) is 5.26 Å². The van der Waals surface area contributed by atoms with E-state index in [1.165, 1.54) is 5.40 Å². The van der Waals surface area contributed by atoms with Gasteiger partial charge in [0.1, 0.15) is 0 Å². The molecule has 0 fully saturated rings. The summed E-state index contributed by atoms with van der Waals surface area (Å²) in [5, 5.41) is 8.47. The van der Waals surface area contributed by atoms with E-state index in [9.17, 15) is 0 Å². The van der Waals surface area contributed by atoms with Crippen LogP contribution >= 0.6 is 0 Å². The number of hydrogen-bond donors (Lipinski definition) is 0. The van der Waals surface area contributed by atoms with Crippen LogP contribution < -0.4 is 0 Å². The fraction of sp³-hybridized carbons (Fsp3) is 0. The maximum Gasteiger partial charge on any atom is 2.00 e. The van der Waals surface area contributed by atoms with E-state index in [-0.39, 0.29) is 34.9 Å². The Bertz CT molecular complexity index is 33.2. The summed E-state index contributed by atoms with van der Waals surface area (Å²) in [7, 11) is 0. The van der Waals surface area contributed by atoms with E-state index in [2.05, 4.69) is 12.6 Å². The van der Waals surface area contributed by atoms with Gasteiger partial charge in [0.15, 0.2) is 0 Å². The monoisotopic (exact) mass is 164 g/mol. The summed E-state index contributed by atoms with van der Waals surface area (Å²) < 4.78 is 0. The van der Waals surface area contributed by atoms with Crippen LogP contribution in [0.25, 0.3) is 18.5 Å². The van der Waals surface area contributed by atoms with Crippen LogP contribution in [0.1, 0.15) is 0 Å². The minimum atomic E-state index is 0. The second-order valence-corrected chi connectivity index (χ2v) is 0.274. The zero-order valence-electron chi connectivity index (χ0n) is 3.40. The molecule has 0 atom stereocenters. The van der Waals surface area contributed by atoms with Gasteiger partial charge in [-0.3, -0.25) is 0 Å². The summed E-state index contributed by atoms with van der Waals surface area (Å²) in [6.07, 6.45) is 0. The van der Waals surface area contributed by atoms with E-state index in [0.717, 1.165) is 0 Å². The maximum absolute atomic E-state index is 7.13. The summed E-state index contributed by atoms with van der Waals surface area (Å²) in [6, 6.07) is 0. The molecule has 0 amide bonds. The molecule has 0 radical (unpaired) electrons. The van der Waals surface area contributed by atoms with E-state index in [1.807, 2.05) is 0 Å². The molecule has 0 rings (SSSR count). The van der Waals surface area contributed by atoms with Crippen molar-refractivity contribution in [1.82, 2.24) is 0 Å². The standard InChI is InChI=1S/CHNS.3H2N.Ni/c2-1-3;;;;/h3H;3*1H2;/q;3*-1;+2/p-1. The molecule has 0 saturated heterocycles. The molecule has 0 heterocycles. The molecule has 0 unspecified atom stereocenters. The number of nitrogens with two attached hydrogens (primary N) is 3. The van der Waals surface area contributed by atoms with Gasteiger partial charge in [0, 0.05) is 0 Å². The molecule has 0 aromatic carbocycles. The Morgan fingerprint density at radius 1 is 1.14 bits per heavy atom. The van der Waals surface area contributed by atoms with Gasteiger partial charge in [-0.2, -0.15) is 0 Å². The fourth-order valence-corrected chi connectivity index (χ4v) is 0. The summed E-state index contributed by atoms with van der Waals surface area (Å²) >= 11 is 3.70. The van der Waals surface area contributed by atoms with Crippen LogP contribution in [0.2, 0.25) is 0 Å². The molecule has 0 spiro atoms. The third kappa shape index (κ3) is 14500. The van der Waals surface area contributed by atoms with E-state index < -0.39 is 0 Å². The smallest absolute Gasteiger partial charge is 0.696 e. The molecule has 0 aliphatic heterocycles. The first kappa shape index (κ1) is 60.4. The van der Waals surface area contributed by atoms with Crippen molar-refractivity contribution < 1.29 is 16.5 Å². The second kappa shape index (κ2) is 134. The van der Waals surface area contributed by atoms with Crippen molar-refractivity contribution in [2.75, 3.05) is 0 Å². The van der Waals surface area contributed by atoms with Crippen molar-refractivity contribution in [2.24, 2.45) is 0 Å². The van der Waals surface area contributed by atoms with Crippen molar-refractivity contribution in [3.8, 4) is 5.40 Å². The van der Waals surface area contributed by atoms with Crippen LogP contribution in [0.3, 0.4) is 0 Å². The molecule has 6 heteroatoms. The van der Waals surface area contributed by atoms with Gasteiger partial charge < -0.3 is 31.1 Å². The average molecular weight is 165 g/mol. The van der Waals surface area contributed by atoms with E-state index in [1.54, 1.807) is 0 Å². The first-order valence-electron chi connectivity index (χ1n) is 0.428. The van der Waals surface area contributed by atoms with Crippen LogP contribution in [-0.2, 0) is 29.1 Å². The Balaban J connectivity index is -0.00000000333. The summed E-state index contributed by atoms with van der Waals surface area (Å²) in [5.41, 5.74) is 0. The predicted octanol–water partition coefficient (Wildman–Crippen LogP) is 2.16. The molecule has 0 aromatic heterocycles. The van der Waals surface area contributed by atoms with Gasteiger partial charge in [0.25, 0.3) is 0 Å². The zero-order valence-corrected chi connectivity index (χ0v) is 5.21. The number of thiocyanates is 1. The summed E-state index contributed by atoms with van der Waals surface area (Å²) in [4.78, 5) is 0. The van der Waals surface area contributed by atoms with Crippen molar-refractivity contribution >= 4 is 12.6 Å².